The molecule has 4 aliphatic heterocycles. The molecular weight excluding hydrogens is 1470 g/mol. The van der Waals surface area contributed by atoms with Crippen LogP contribution in [0.5, 0.6) is 0 Å². The van der Waals surface area contributed by atoms with Gasteiger partial charge in [-0.3, -0.25) is 20.0 Å². The SMILES string of the molecule is C[C@]12CC[C@@H](O)CC1=CC[C@@H]1[C@@H]2CC[C@]2(C)C(c3ccc4c(c3)CN=C4N)=CC[C@@H]12.C[C@]12CC[C@@H](O)C[C@@H]1CC[C@@H]1[C@@H]2CC[C@]2(C)C(c3ccc4c(c3)CN=C4N)=CC[C@@H]12.C[C@]12CC[C@@H](O)C[C@@H]1CC[C@@H]1[C@@H]2CC[C@]2(C)[C@@H](c3ccc4c(c3)CN=C4N)CC[C@@H]12.C[C@]12CC[C@H]3[C@@H](CC=C4C[C@H](O)CC[C@@]43C)[C@@H]1CC[C@@H]2c1ccc2c(c1)CN=C2N. The molecule has 0 unspecified atom stereocenters. The first-order valence-corrected chi connectivity index (χ1v) is 48.9. The number of allylic oxidation sites excluding steroid dienone is 6. The first-order valence-electron chi connectivity index (χ1n) is 48.9. The molecule has 0 bridgehead atoms. The third-order valence-electron chi connectivity index (χ3n) is 41.3. The van der Waals surface area contributed by atoms with Crippen LogP contribution in [-0.4, -0.2) is 68.2 Å². The molecule has 4 aromatic carbocycles. The third kappa shape index (κ3) is 12.6. The van der Waals surface area contributed by atoms with Crippen molar-refractivity contribution in [3.63, 3.8) is 0 Å². The van der Waals surface area contributed by atoms with Crippen LogP contribution in [0.3, 0.4) is 0 Å². The van der Waals surface area contributed by atoms with E-state index in [1.165, 1.54) is 187 Å². The molecule has 0 aromatic heterocycles. The molecule has 4 aromatic rings. The molecule has 20 aliphatic rings. The van der Waals surface area contributed by atoms with E-state index < -0.39 is 0 Å². The van der Waals surface area contributed by atoms with Crippen molar-refractivity contribution >= 4 is 34.5 Å². The van der Waals surface area contributed by atoms with Crippen LogP contribution >= 0.6 is 0 Å². The van der Waals surface area contributed by atoms with E-state index in [1.807, 2.05) is 0 Å². The predicted molar refractivity (Wildman–Crippen MR) is 487 cm³/mol. The lowest BCUT2D eigenvalue weighted by Gasteiger charge is -2.61. The second-order valence-electron chi connectivity index (χ2n) is 45.8. The van der Waals surface area contributed by atoms with E-state index in [0.29, 0.717) is 67.2 Å². The summed E-state index contributed by atoms with van der Waals surface area (Å²) >= 11 is 0. The first kappa shape index (κ1) is 80.7. The quantitative estimate of drug-likeness (QED) is 0.0913. The lowest BCUT2D eigenvalue weighted by atomic mass is 9.44. The monoisotopic (exact) mass is 1620 g/mol. The minimum Gasteiger partial charge on any atom is -0.393 e. The van der Waals surface area contributed by atoms with Gasteiger partial charge in [-0.1, -0.05) is 152 Å². The van der Waals surface area contributed by atoms with E-state index in [2.05, 4.69) is 172 Å². The molecule has 120 heavy (non-hydrogen) atoms. The molecule has 24 rings (SSSR count). The van der Waals surface area contributed by atoms with Crippen LogP contribution in [-0.2, 0) is 26.2 Å². The van der Waals surface area contributed by atoms with E-state index in [-0.39, 0.29) is 29.8 Å². The highest BCUT2D eigenvalue weighted by molar-refractivity contribution is 6.03. The lowest BCUT2D eigenvalue weighted by Crippen LogP contribution is -2.53. The number of hydrogen-bond donors (Lipinski definition) is 8. The van der Waals surface area contributed by atoms with Gasteiger partial charge in [-0.05, 0) is 411 Å². The van der Waals surface area contributed by atoms with Crippen LogP contribution in [0.2, 0.25) is 0 Å². The van der Waals surface area contributed by atoms with Gasteiger partial charge in [0.05, 0.1) is 50.6 Å². The van der Waals surface area contributed by atoms with Crippen molar-refractivity contribution in [1.29, 1.82) is 0 Å². The van der Waals surface area contributed by atoms with Crippen molar-refractivity contribution in [2.24, 2.45) is 169 Å². The molecule has 12 fully saturated rings. The Balaban J connectivity index is 0.0000000990. The van der Waals surface area contributed by atoms with Gasteiger partial charge in [0.1, 0.15) is 23.3 Å². The van der Waals surface area contributed by atoms with Gasteiger partial charge in [0.2, 0.25) is 0 Å². The average molecular weight is 1620 g/mol. The number of amidine groups is 4. The van der Waals surface area contributed by atoms with E-state index in [0.717, 1.165) is 195 Å². The summed E-state index contributed by atoms with van der Waals surface area (Å²) in [6.45, 7) is 23.5. The minimum atomic E-state index is -0.118. The topological polar surface area (TPSA) is 234 Å². The maximum absolute atomic E-state index is 10.3. The molecule has 28 atom stereocenters. The van der Waals surface area contributed by atoms with Crippen LogP contribution in [0.1, 0.15) is 339 Å². The number of aliphatic hydroxyl groups excluding tert-OH is 4. The maximum atomic E-state index is 10.3. The molecule has 12 nitrogen and oxygen atoms in total. The van der Waals surface area contributed by atoms with Gasteiger partial charge in [-0.25, -0.2) is 0 Å². The number of hydrogen-bond acceptors (Lipinski definition) is 12. The molecule has 0 radical (unpaired) electrons. The van der Waals surface area contributed by atoms with Gasteiger partial charge >= 0.3 is 0 Å². The van der Waals surface area contributed by atoms with Gasteiger partial charge in [-0.15, -0.1) is 0 Å². The Morgan fingerprint density at radius 3 is 1.09 bits per heavy atom. The molecule has 12 N–H and O–H groups in total. The number of benzene rings is 4. The van der Waals surface area contributed by atoms with Crippen LogP contribution < -0.4 is 22.9 Å². The Kier molecular flexibility index (Phi) is 19.9. The highest BCUT2D eigenvalue weighted by Gasteiger charge is 2.64. The maximum Gasteiger partial charge on any atom is 0.126 e. The molecule has 12 heteroatoms. The van der Waals surface area contributed by atoms with Crippen molar-refractivity contribution in [1.82, 2.24) is 0 Å². The molecule has 0 spiro atoms. The third-order valence-corrected chi connectivity index (χ3v) is 41.3. The Bertz CT molecular complexity index is 4930. The molecule has 4 heterocycles. The van der Waals surface area contributed by atoms with E-state index >= 15 is 0 Å². The lowest BCUT2D eigenvalue weighted by molar-refractivity contribution is -0.122. The van der Waals surface area contributed by atoms with Gasteiger partial charge in [0.15, 0.2) is 0 Å². The van der Waals surface area contributed by atoms with Crippen LogP contribution in [0, 0.1) is 126 Å². The second-order valence-corrected chi connectivity index (χ2v) is 45.8. The van der Waals surface area contributed by atoms with Crippen molar-refractivity contribution in [2.75, 3.05) is 0 Å². The average Bonchev–Trinajstić information content (AvgIpc) is 1.47. The molecule has 12 saturated carbocycles. The predicted octanol–water partition coefficient (Wildman–Crippen LogP) is 21.2. The van der Waals surface area contributed by atoms with Gasteiger partial charge < -0.3 is 43.4 Å². The Hall–Kier alpha value is -6.44. The van der Waals surface area contributed by atoms with Gasteiger partial charge in [0.25, 0.3) is 0 Å². The summed E-state index contributed by atoms with van der Waals surface area (Å²) in [7, 11) is 0. The van der Waals surface area contributed by atoms with E-state index in [9.17, 15) is 20.4 Å². The summed E-state index contributed by atoms with van der Waals surface area (Å²) in [5, 5.41) is 41.0. The number of nitrogens with zero attached hydrogens (tertiary/aromatic N) is 4. The molecule has 16 aliphatic carbocycles. The summed E-state index contributed by atoms with van der Waals surface area (Å²) in [6, 6.07) is 27.7. The summed E-state index contributed by atoms with van der Waals surface area (Å²) in [5.41, 5.74) is 49.2. The highest BCUT2D eigenvalue weighted by atomic mass is 16.3. The Morgan fingerprint density at radius 1 is 0.300 bits per heavy atom. The Morgan fingerprint density at radius 2 is 0.642 bits per heavy atom. The van der Waals surface area contributed by atoms with Crippen molar-refractivity contribution < 1.29 is 20.4 Å². The van der Waals surface area contributed by atoms with Gasteiger partial charge in [0, 0.05) is 22.3 Å². The van der Waals surface area contributed by atoms with Crippen molar-refractivity contribution in [3.8, 4) is 0 Å². The zero-order valence-corrected chi connectivity index (χ0v) is 74.1. The fourth-order valence-corrected chi connectivity index (χ4v) is 34.6. The summed E-state index contributed by atoms with van der Waals surface area (Å²) < 4.78 is 0. The van der Waals surface area contributed by atoms with Crippen LogP contribution in [0.15, 0.2) is 128 Å². The molecule has 0 saturated heterocycles. The van der Waals surface area contributed by atoms with E-state index in [4.69, 9.17) is 22.9 Å². The fourth-order valence-electron chi connectivity index (χ4n) is 34.6. The standard InChI is InChI=1S/C27H38N2O.2C27H36N2O.C27H34N2O/c4*1-26-11-9-19(30)14-18(26)4-6-21-23-8-7-22(27(23,2)12-10-24(21)26)16-3-5-20-17(13-16)15-29-25(20)28/h3,5,13,18-19,21-24,30H,4,6-12,14-15H2,1-2H3,(H2,28,29);3,5,7,13,18-19,21,23-24,30H,4,6,8-12,14-15H2,1-2H3,(H2,28,29);3-5,13,19,21-24,30H,6-12,14-15H2,1-2H3,(H2,28,29);3-5,7,13,19,21,23-24,30H,6,8-12,14-15H2,1-2H3,(H2,28,29)/t18-,19+,21-,22+,23-,24-,26-,27+;18-,19+,21-,23-,24-,26-,27+;19-,21+,22-,23+,24+,26+,27-;19-,21+,23+,24+,26+,27-/m0011/s1. The van der Waals surface area contributed by atoms with Crippen LogP contribution in [0.25, 0.3) is 11.1 Å². The van der Waals surface area contributed by atoms with Crippen molar-refractivity contribution in [3.05, 3.63) is 175 Å². The summed E-state index contributed by atoms with van der Waals surface area (Å²) in [5.74, 6) is 15.6. The number of aliphatic hydroxyl groups is 4. The largest absolute Gasteiger partial charge is 0.393 e. The fraction of sp³-hybridized carbons (Fsp3) is 0.667. The molecule has 0 amide bonds. The smallest absolute Gasteiger partial charge is 0.126 e. The molecular formula is C108H144N8O4. The summed E-state index contributed by atoms with van der Waals surface area (Å²) in [6.07, 6.45) is 49.2. The first-order chi connectivity index (χ1) is 57.6. The van der Waals surface area contributed by atoms with Crippen LogP contribution in [0.4, 0.5) is 0 Å². The highest BCUT2D eigenvalue weighted by Crippen LogP contribution is 2.74. The zero-order chi connectivity index (χ0) is 82.7. The Labute approximate surface area is 718 Å². The van der Waals surface area contributed by atoms with Crippen molar-refractivity contribution in [2.45, 2.75) is 323 Å². The number of rotatable bonds is 4. The normalized spacial score (nSPS) is 44.4. The number of aliphatic imine (C=N–C) groups is 4. The van der Waals surface area contributed by atoms with E-state index in [1.54, 1.807) is 27.9 Å². The zero-order valence-electron chi connectivity index (χ0n) is 74.1. The number of fused-ring (bicyclic) bond motifs is 24. The number of nitrogens with two attached hydrogens (primary N) is 4. The second kappa shape index (κ2) is 29.6. The minimum absolute atomic E-state index is 0.0397. The van der Waals surface area contributed by atoms with Gasteiger partial charge in [-0.2, -0.15) is 0 Å². The summed E-state index contributed by atoms with van der Waals surface area (Å²) in [4.78, 5) is 17.8. The molecule has 640 valence electrons.